The van der Waals surface area contributed by atoms with Crippen molar-refractivity contribution in [3.05, 3.63) is 12.7 Å². The normalized spacial score (nSPS) is 9.44. The Labute approximate surface area is 55.8 Å². The minimum atomic E-state index is 0.546. The summed E-state index contributed by atoms with van der Waals surface area (Å²) in [5.74, 6) is 0. The van der Waals surface area contributed by atoms with Gasteiger partial charge in [0.05, 0.1) is 6.61 Å². The van der Waals surface area contributed by atoms with Gasteiger partial charge in [0, 0.05) is 6.54 Å². The largest absolute Gasteiger partial charge is 0.330 e. The van der Waals surface area contributed by atoms with Gasteiger partial charge in [0.1, 0.15) is 0 Å². The zero-order chi connectivity index (χ0) is 6.95. The molecule has 3 N–H and O–H groups in total. The Bertz CT molecular complexity index is 66.1. The van der Waals surface area contributed by atoms with Crippen LogP contribution in [0, 0.1) is 0 Å². The summed E-state index contributed by atoms with van der Waals surface area (Å²) in [6.07, 6.45) is 2.63. The van der Waals surface area contributed by atoms with E-state index in [-0.39, 0.29) is 0 Å². The van der Waals surface area contributed by atoms with E-state index in [1.807, 2.05) is 0 Å². The monoisotopic (exact) mass is 130 g/mol. The summed E-state index contributed by atoms with van der Waals surface area (Å²) in [6.45, 7) is 5.54. The van der Waals surface area contributed by atoms with E-state index < -0.39 is 0 Å². The Hall–Kier alpha value is -0.380. The number of hydroxylamine groups is 1. The molecule has 0 fully saturated rings. The molecule has 0 aromatic carbocycles. The van der Waals surface area contributed by atoms with Gasteiger partial charge in [-0.05, 0) is 13.0 Å². The van der Waals surface area contributed by atoms with Crippen molar-refractivity contribution in [1.82, 2.24) is 5.48 Å². The topological polar surface area (TPSA) is 47.3 Å². The van der Waals surface area contributed by atoms with E-state index in [0.29, 0.717) is 13.2 Å². The van der Waals surface area contributed by atoms with Crippen LogP contribution in [-0.2, 0) is 4.84 Å². The number of nitrogens with two attached hydrogens (primary N) is 1. The number of hydrogen-bond donors (Lipinski definition) is 2. The highest BCUT2D eigenvalue weighted by Crippen LogP contribution is 1.71. The van der Waals surface area contributed by atoms with Crippen molar-refractivity contribution < 1.29 is 4.84 Å². The molecule has 9 heavy (non-hydrogen) atoms. The Balaban J connectivity index is 2.66. The lowest BCUT2D eigenvalue weighted by molar-refractivity contribution is 0.0625. The second-order valence-corrected chi connectivity index (χ2v) is 1.64. The van der Waals surface area contributed by atoms with Crippen LogP contribution in [0.5, 0.6) is 0 Å². The SMILES string of the molecule is C=CCONCCCN. The van der Waals surface area contributed by atoms with Crippen LogP contribution < -0.4 is 11.2 Å². The molecule has 0 saturated heterocycles. The first-order valence-electron chi connectivity index (χ1n) is 3.07. The van der Waals surface area contributed by atoms with Crippen molar-refractivity contribution in [3.63, 3.8) is 0 Å². The third-order valence-corrected chi connectivity index (χ3v) is 0.786. The lowest BCUT2D eigenvalue weighted by atomic mass is 10.4. The van der Waals surface area contributed by atoms with Gasteiger partial charge in [-0.15, -0.1) is 6.58 Å². The number of hydrogen-bond acceptors (Lipinski definition) is 3. The molecule has 0 heterocycles. The van der Waals surface area contributed by atoms with E-state index in [1.54, 1.807) is 6.08 Å². The van der Waals surface area contributed by atoms with Gasteiger partial charge < -0.3 is 5.73 Å². The molecule has 0 aliphatic carbocycles. The Morgan fingerprint density at radius 1 is 1.67 bits per heavy atom. The van der Waals surface area contributed by atoms with Crippen molar-refractivity contribution in [3.8, 4) is 0 Å². The van der Waals surface area contributed by atoms with E-state index in [9.17, 15) is 0 Å². The van der Waals surface area contributed by atoms with E-state index >= 15 is 0 Å². The first-order valence-corrected chi connectivity index (χ1v) is 3.07. The average molecular weight is 130 g/mol. The fourth-order valence-corrected chi connectivity index (χ4v) is 0.364. The maximum Gasteiger partial charge on any atom is 0.0861 e. The molecular formula is C6H14N2O. The van der Waals surface area contributed by atoms with Crippen LogP contribution in [0.2, 0.25) is 0 Å². The first-order chi connectivity index (χ1) is 4.41. The molecule has 3 nitrogen and oxygen atoms in total. The van der Waals surface area contributed by atoms with Gasteiger partial charge in [-0.2, -0.15) is 0 Å². The van der Waals surface area contributed by atoms with Gasteiger partial charge in [-0.25, -0.2) is 5.48 Å². The molecule has 0 unspecified atom stereocenters. The zero-order valence-electron chi connectivity index (χ0n) is 5.60. The van der Waals surface area contributed by atoms with Crippen LogP contribution >= 0.6 is 0 Å². The van der Waals surface area contributed by atoms with Gasteiger partial charge in [-0.3, -0.25) is 4.84 Å². The fraction of sp³-hybridized carbons (Fsp3) is 0.667. The van der Waals surface area contributed by atoms with Crippen LogP contribution in [-0.4, -0.2) is 19.7 Å². The molecule has 0 bridgehead atoms. The van der Waals surface area contributed by atoms with Crippen LogP contribution in [0.25, 0.3) is 0 Å². The maximum atomic E-state index is 5.23. The van der Waals surface area contributed by atoms with Crippen LogP contribution in [0.1, 0.15) is 6.42 Å². The van der Waals surface area contributed by atoms with E-state index in [0.717, 1.165) is 13.0 Å². The molecule has 3 heteroatoms. The quantitative estimate of drug-likeness (QED) is 0.303. The van der Waals surface area contributed by atoms with Crippen molar-refractivity contribution in [1.29, 1.82) is 0 Å². The highest BCUT2D eigenvalue weighted by molar-refractivity contribution is 4.62. The smallest absolute Gasteiger partial charge is 0.0861 e. The summed E-state index contributed by atoms with van der Waals surface area (Å²) in [4.78, 5) is 4.86. The lowest BCUT2D eigenvalue weighted by Gasteiger charge is -2.00. The summed E-state index contributed by atoms with van der Waals surface area (Å²) in [5.41, 5.74) is 7.96. The third kappa shape index (κ3) is 7.62. The minimum Gasteiger partial charge on any atom is -0.330 e. The first kappa shape index (κ1) is 8.62. The number of nitrogens with one attached hydrogen (secondary N) is 1. The second kappa shape index (κ2) is 7.62. The van der Waals surface area contributed by atoms with Crippen LogP contribution in [0.15, 0.2) is 12.7 Å². The van der Waals surface area contributed by atoms with Crippen molar-refractivity contribution >= 4 is 0 Å². The van der Waals surface area contributed by atoms with Crippen LogP contribution in [0.4, 0.5) is 0 Å². The summed E-state index contributed by atoms with van der Waals surface area (Å²) >= 11 is 0. The molecular weight excluding hydrogens is 116 g/mol. The zero-order valence-corrected chi connectivity index (χ0v) is 5.60. The highest BCUT2D eigenvalue weighted by Gasteiger charge is 1.81. The Morgan fingerprint density at radius 3 is 3.00 bits per heavy atom. The number of rotatable bonds is 6. The van der Waals surface area contributed by atoms with Gasteiger partial charge in [0.2, 0.25) is 0 Å². The molecule has 0 atom stereocenters. The molecule has 0 radical (unpaired) electrons. The Morgan fingerprint density at radius 2 is 2.44 bits per heavy atom. The summed E-state index contributed by atoms with van der Waals surface area (Å²) < 4.78 is 0. The average Bonchev–Trinajstić information content (AvgIpc) is 1.89. The van der Waals surface area contributed by atoms with Gasteiger partial charge in [0.15, 0.2) is 0 Å². The predicted octanol–water partition coefficient (Wildman–Crippen LogP) is 0.0424. The molecule has 0 saturated carbocycles. The molecule has 0 spiro atoms. The second-order valence-electron chi connectivity index (χ2n) is 1.64. The molecule has 0 rings (SSSR count). The van der Waals surface area contributed by atoms with Gasteiger partial charge >= 0.3 is 0 Å². The molecule has 0 aliphatic rings. The van der Waals surface area contributed by atoms with E-state index in [4.69, 9.17) is 10.6 Å². The summed E-state index contributed by atoms with van der Waals surface area (Å²) in [6, 6.07) is 0. The molecule has 54 valence electrons. The standard InChI is InChI=1S/C6H14N2O/c1-2-6-9-8-5-3-4-7/h2,8H,1,3-7H2. The summed E-state index contributed by atoms with van der Waals surface area (Å²) in [7, 11) is 0. The van der Waals surface area contributed by atoms with Crippen molar-refractivity contribution in [2.75, 3.05) is 19.7 Å². The van der Waals surface area contributed by atoms with Crippen LogP contribution in [0.3, 0.4) is 0 Å². The van der Waals surface area contributed by atoms with Crippen molar-refractivity contribution in [2.24, 2.45) is 5.73 Å². The fourth-order valence-electron chi connectivity index (χ4n) is 0.364. The minimum absolute atomic E-state index is 0.546. The van der Waals surface area contributed by atoms with E-state index in [2.05, 4.69) is 12.1 Å². The lowest BCUT2D eigenvalue weighted by Crippen LogP contribution is -2.18. The maximum absolute atomic E-state index is 5.23. The van der Waals surface area contributed by atoms with E-state index in [1.165, 1.54) is 0 Å². The van der Waals surface area contributed by atoms with Gasteiger partial charge in [0.25, 0.3) is 0 Å². The Kier molecular flexibility index (Phi) is 7.30. The van der Waals surface area contributed by atoms with Crippen molar-refractivity contribution in [2.45, 2.75) is 6.42 Å². The van der Waals surface area contributed by atoms with Gasteiger partial charge in [-0.1, -0.05) is 6.08 Å². The molecule has 0 aliphatic heterocycles. The molecule has 0 amide bonds. The highest BCUT2D eigenvalue weighted by atomic mass is 16.6. The summed E-state index contributed by atoms with van der Waals surface area (Å²) in [5, 5.41) is 0. The molecule has 0 aromatic rings. The third-order valence-electron chi connectivity index (χ3n) is 0.786. The predicted molar refractivity (Wildman–Crippen MR) is 37.8 cm³/mol. The molecule has 0 aromatic heterocycles.